The Kier molecular flexibility index (Phi) is 5.69. The third-order valence-corrected chi connectivity index (χ3v) is 3.78. The van der Waals surface area contributed by atoms with Gasteiger partial charge in [0, 0.05) is 5.02 Å². The van der Waals surface area contributed by atoms with Crippen LogP contribution >= 0.6 is 11.6 Å². The molecule has 2 aromatic rings. The summed E-state index contributed by atoms with van der Waals surface area (Å²) >= 11 is 5.91. The largest absolute Gasteiger partial charge is 0.416 e. The minimum Gasteiger partial charge on any atom is -0.370 e. The molecule has 0 radical (unpaired) electrons. The van der Waals surface area contributed by atoms with Crippen molar-refractivity contribution in [1.82, 2.24) is 5.32 Å². The molecule has 1 amide bonds. The molecule has 0 heterocycles. The molecule has 4 N–H and O–H groups in total. The third kappa shape index (κ3) is 4.96. The first-order valence-corrected chi connectivity index (χ1v) is 7.61. The molecule has 4 nitrogen and oxygen atoms in total. The Labute approximate surface area is 147 Å². The van der Waals surface area contributed by atoms with Gasteiger partial charge in [-0.2, -0.15) is 13.2 Å². The molecule has 0 saturated heterocycles. The Hall–Kier alpha value is -2.54. The van der Waals surface area contributed by atoms with Crippen molar-refractivity contribution in [1.29, 1.82) is 5.41 Å². The van der Waals surface area contributed by atoms with Crippen LogP contribution < -0.4 is 11.1 Å². The lowest BCUT2D eigenvalue weighted by Gasteiger charge is -2.21. The number of carbonyl (C=O) groups excluding carboxylic acids is 1. The number of guanidine groups is 1. The predicted octanol–water partition coefficient (Wildman–Crippen LogP) is 3.69. The van der Waals surface area contributed by atoms with Crippen molar-refractivity contribution in [2.45, 2.75) is 18.5 Å². The number of hydrogen-bond donors (Lipinski definition) is 3. The van der Waals surface area contributed by atoms with Gasteiger partial charge in [-0.25, -0.2) is 0 Å². The van der Waals surface area contributed by atoms with Crippen LogP contribution in [0.15, 0.2) is 48.5 Å². The fraction of sp³-hybridized carbons (Fsp3) is 0.176. The summed E-state index contributed by atoms with van der Waals surface area (Å²) in [6.45, 7) is 0. The Morgan fingerprint density at radius 1 is 1.20 bits per heavy atom. The lowest BCUT2D eigenvalue weighted by molar-refractivity contribution is -0.138. The first-order valence-electron chi connectivity index (χ1n) is 7.24. The quantitative estimate of drug-likeness (QED) is 0.567. The summed E-state index contributed by atoms with van der Waals surface area (Å²) in [4.78, 5) is 12.4. The number of nitrogens with one attached hydrogen (secondary N) is 2. The molecule has 0 spiro atoms. The number of alkyl halides is 3. The molecule has 8 heteroatoms. The number of benzene rings is 2. The van der Waals surface area contributed by atoms with Crippen molar-refractivity contribution in [2.75, 3.05) is 0 Å². The van der Waals surface area contributed by atoms with Gasteiger partial charge >= 0.3 is 6.18 Å². The maximum atomic E-state index is 13.3. The average molecular weight is 370 g/mol. The van der Waals surface area contributed by atoms with E-state index in [1.54, 1.807) is 24.3 Å². The number of carbonyl (C=O) groups is 1. The van der Waals surface area contributed by atoms with Crippen molar-refractivity contribution >= 4 is 23.5 Å². The Balaban J connectivity index is 2.49. The van der Waals surface area contributed by atoms with E-state index in [1.807, 2.05) is 0 Å². The van der Waals surface area contributed by atoms with E-state index in [9.17, 15) is 18.0 Å². The molecule has 0 aliphatic carbocycles. The topological polar surface area (TPSA) is 79.0 Å². The van der Waals surface area contributed by atoms with Crippen LogP contribution in [0.2, 0.25) is 5.02 Å². The van der Waals surface area contributed by atoms with Crippen molar-refractivity contribution in [2.24, 2.45) is 5.73 Å². The molecule has 1 atom stereocenters. The molecule has 0 bridgehead atoms. The predicted molar refractivity (Wildman–Crippen MR) is 89.4 cm³/mol. The van der Waals surface area contributed by atoms with Gasteiger partial charge in [0.1, 0.15) is 0 Å². The normalized spacial score (nSPS) is 12.5. The second kappa shape index (κ2) is 7.57. The van der Waals surface area contributed by atoms with Crippen LogP contribution in [-0.2, 0) is 17.4 Å². The zero-order valence-electron chi connectivity index (χ0n) is 12.9. The smallest absolute Gasteiger partial charge is 0.370 e. The van der Waals surface area contributed by atoms with Gasteiger partial charge in [-0.1, -0.05) is 41.9 Å². The maximum Gasteiger partial charge on any atom is 0.416 e. The molecular weight excluding hydrogens is 355 g/mol. The molecule has 0 aromatic heterocycles. The minimum atomic E-state index is -4.61. The number of halogens is 4. The zero-order chi connectivity index (χ0) is 18.6. The lowest BCUT2D eigenvalue weighted by atomic mass is 9.87. The summed E-state index contributed by atoms with van der Waals surface area (Å²) in [5, 5.41) is 9.66. The summed E-state index contributed by atoms with van der Waals surface area (Å²) in [5.41, 5.74) is 4.66. The van der Waals surface area contributed by atoms with Gasteiger partial charge in [0.25, 0.3) is 0 Å². The maximum absolute atomic E-state index is 13.3. The third-order valence-electron chi connectivity index (χ3n) is 3.54. The molecule has 0 aliphatic heterocycles. The molecule has 0 saturated carbocycles. The van der Waals surface area contributed by atoms with E-state index in [4.69, 9.17) is 22.7 Å². The van der Waals surface area contributed by atoms with E-state index in [0.717, 1.165) is 6.07 Å². The van der Waals surface area contributed by atoms with Gasteiger partial charge in [-0.05, 0) is 35.7 Å². The summed E-state index contributed by atoms with van der Waals surface area (Å²) in [6.07, 6.45) is -4.63. The van der Waals surface area contributed by atoms with E-state index in [1.165, 1.54) is 18.2 Å². The van der Waals surface area contributed by atoms with Gasteiger partial charge in [0.2, 0.25) is 5.91 Å². The van der Waals surface area contributed by atoms with Crippen LogP contribution in [0.4, 0.5) is 13.2 Å². The Morgan fingerprint density at radius 2 is 1.88 bits per heavy atom. The number of nitrogens with two attached hydrogens (primary N) is 1. The molecule has 0 fully saturated rings. The monoisotopic (exact) mass is 369 g/mol. The molecule has 2 aromatic carbocycles. The fourth-order valence-corrected chi connectivity index (χ4v) is 2.74. The van der Waals surface area contributed by atoms with E-state index < -0.39 is 29.5 Å². The summed E-state index contributed by atoms with van der Waals surface area (Å²) in [6, 6.07) is 11.4. The second-order valence-electron chi connectivity index (χ2n) is 5.37. The van der Waals surface area contributed by atoms with Crippen LogP contribution in [0, 0.1) is 5.41 Å². The molecule has 132 valence electrons. The average Bonchev–Trinajstić information content (AvgIpc) is 2.51. The van der Waals surface area contributed by atoms with Crippen molar-refractivity contribution in [3.8, 4) is 0 Å². The summed E-state index contributed by atoms with van der Waals surface area (Å²) < 4.78 is 40.0. The molecule has 25 heavy (non-hydrogen) atoms. The highest BCUT2D eigenvalue weighted by Gasteiger charge is 2.36. The van der Waals surface area contributed by atoms with Gasteiger partial charge in [0.05, 0.1) is 11.5 Å². The summed E-state index contributed by atoms with van der Waals surface area (Å²) in [5.74, 6) is -2.60. The van der Waals surface area contributed by atoms with Crippen LogP contribution in [0.5, 0.6) is 0 Å². The molecule has 0 aliphatic rings. The SMILES string of the molecule is N=C(N)NC(=O)[C@H](Cc1cccc(Cl)c1)c1ccccc1C(F)(F)F. The Morgan fingerprint density at radius 3 is 2.48 bits per heavy atom. The standard InChI is InChI=1S/C17H15ClF3N3O/c18-11-5-3-4-10(8-11)9-13(15(25)24-16(22)23)12-6-1-2-7-14(12)17(19,20)21/h1-8,13H,9H2,(H4,22,23,24,25)/t13-/m1/s1. The molecular formula is C17H15ClF3N3O. The van der Waals surface area contributed by atoms with Crippen LogP contribution in [0.1, 0.15) is 22.6 Å². The number of amides is 1. The van der Waals surface area contributed by atoms with E-state index in [2.05, 4.69) is 5.32 Å². The highest BCUT2D eigenvalue weighted by atomic mass is 35.5. The van der Waals surface area contributed by atoms with Crippen molar-refractivity contribution in [3.05, 3.63) is 70.2 Å². The summed E-state index contributed by atoms with van der Waals surface area (Å²) in [7, 11) is 0. The molecule has 2 rings (SSSR count). The minimum absolute atomic E-state index is 0.0211. The zero-order valence-corrected chi connectivity index (χ0v) is 13.7. The fourth-order valence-electron chi connectivity index (χ4n) is 2.52. The van der Waals surface area contributed by atoms with Gasteiger partial charge in [-0.3, -0.25) is 15.5 Å². The van der Waals surface area contributed by atoms with Crippen LogP contribution in [-0.4, -0.2) is 11.9 Å². The number of hydrogen-bond acceptors (Lipinski definition) is 2. The van der Waals surface area contributed by atoms with Gasteiger partial charge in [0.15, 0.2) is 5.96 Å². The van der Waals surface area contributed by atoms with Gasteiger partial charge < -0.3 is 5.73 Å². The van der Waals surface area contributed by atoms with E-state index in [0.29, 0.717) is 10.6 Å². The second-order valence-corrected chi connectivity index (χ2v) is 5.81. The first-order chi connectivity index (χ1) is 11.7. The van der Waals surface area contributed by atoms with Crippen LogP contribution in [0.25, 0.3) is 0 Å². The van der Waals surface area contributed by atoms with E-state index in [-0.39, 0.29) is 12.0 Å². The lowest BCUT2D eigenvalue weighted by Crippen LogP contribution is -2.40. The van der Waals surface area contributed by atoms with Gasteiger partial charge in [-0.15, -0.1) is 0 Å². The molecule has 0 unspecified atom stereocenters. The van der Waals surface area contributed by atoms with Crippen LogP contribution in [0.3, 0.4) is 0 Å². The highest BCUT2D eigenvalue weighted by Crippen LogP contribution is 2.36. The van der Waals surface area contributed by atoms with Crippen molar-refractivity contribution in [3.63, 3.8) is 0 Å². The number of rotatable bonds is 4. The first kappa shape index (κ1) is 18.8. The Bertz CT molecular complexity index is 793. The highest BCUT2D eigenvalue weighted by molar-refractivity contribution is 6.30. The van der Waals surface area contributed by atoms with E-state index >= 15 is 0 Å². The van der Waals surface area contributed by atoms with Crippen molar-refractivity contribution < 1.29 is 18.0 Å².